The van der Waals surface area contributed by atoms with E-state index in [0.717, 1.165) is 11.1 Å². The first-order valence-corrected chi connectivity index (χ1v) is 6.39. The summed E-state index contributed by atoms with van der Waals surface area (Å²) in [6.07, 6.45) is 0. The number of hydrogen-bond acceptors (Lipinski definition) is 1. The fourth-order valence-electron chi connectivity index (χ4n) is 2.86. The van der Waals surface area contributed by atoms with Crippen molar-refractivity contribution < 1.29 is 1.41 Å². The summed E-state index contributed by atoms with van der Waals surface area (Å²) in [6.45, 7) is 0. The van der Waals surface area contributed by atoms with Gasteiger partial charge in [-0.2, -0.15) is 0 Å². The molecule has 19 heavy (non-hydrogen) atoms. The average Bonchev–Trinajstić information content (AvgIpc) is 2.53. The van der Waals surface area contributed by atoms with E-state index in [1.807, 2.05) is 12.1 Å². The third-order valence-electron chi connectivity index (χ3n) is 3.78. The molecule has 0 aliphatic carbocycles. The highest BCUT2D eigenvalue weighted by Crippen LogP contribution is 2.32. The molecule has 1 heteroatoms. The van der Waals surface area contributed by atoms with Gasteiger partial charge in [0.05, 0.1) is 0 Å². The molecule has 0 fully saturated rings. The van der Waals surface area contributed by atoms with E-state index in [2.05, 4.69) is 60.3 Å². The van der Waals surface area contributed by atoms with Crippen LogP contribution in [0.15, 0.2) is 66.7 Å². The molecule has 0 aliphatic rings. The lowest BCUT2D eigenvalue weighted by atomic mass is 9.96. The second-order valence-corrected chi connectivity index (χ2v) is 4.85. The Hall–Kier alpha value is -2.54. The van der Waals surface area contributed by atoms with E-state index in [0.29, 0.717) is 0 Å². The van der Waals surface area contributed by atoms with Crippen LogP contribution in [0.4, 0.5) is 5.69 Å². The van der Waals surface area contributed by atoms with E-state index >= 15 is 0 Å². The van der Waals surface area contributed by atoms with E-state index < -0.39 is 0 Å². The van der Waals surface area contributed by atoms with Crippen molar-refractivity contribution in [2.24, 2.45) is 0 Å². The first-order chi connectivity index (χ1) is 9.88. The fourth-order valence-corrected chi connectivity index (χ4v) is 2.86. The fraction of sp³-hybridized carbons (Fsp3) is 0. The first kappa shape index (κ1) is 9.40. The van der Waals surface area contributed by atoms with Crippen molar-refractivity contribution in [2.45, 2.75) is 0 Å². The Morgan fingerprint density at radius 1 is 0.579 bits per heavy atom. The van der Waals surface area contributed by atoms with Crippen molar-refractivity contribution in [1.29, 1.82) is 0 Å². The highest BCUT2D eigenvalue weighted by Gasteiger charge is 2.05. The molecule has 4 aromatic rings. The molecule has 0 bridgehead atoms. The Balaban J connectivity index is 2.23. The number of hydrogen-bond donors (Lipinski definition) is 1. The van der Waals surface area contributed by atoms with Gasteiger partial charge in [0.1, 0.15) is 0 Å². The molecule has 0 saturated heterocycles. The monoisotopic (exact) mass is 244 g/mol. The van der Waals surface area contributed by atoms with Crippen LogP contribution < -0.4 is 5.73 Å². The summed E-state index contributed by atoms with van der Waals surface area (Å²) in [5, 5.41) is 7.30. The maximum Gasteiger partial charge on any atom is 0.156 e. The smallest absolute Gasteiger partial charge is 0.156 e. The number of benzene rings is 4. The summed E-state index contributed by atoms with van der Waals surface area (Å²) in [5.74, 6) is 0. The quantitative estimate of drug-likeness (QED) is 0.380. The van der Waals surface area contributed by atoms with Crippen molar-refractivity contribution in [3.05, 3.63) is 66.7 Å². The number of nitrogen functional groups attached to an aromatic ring is 1. The number of fused-ring (bicyclic) bond motifs is 5. The van der Waals surface area contributed by atoms with Crippen LogP contribution in [-0.4, -0.2) is 0 Å². The van der Waals surface area contributed by atoms with E-state index in [-0.39, 0.29) is 0 Å². The summed E-state index contributed by atoms with van der Waals surface area (Å²) in [6, 6.07) is 23.1. The Kier molecular flexibility index (Phi) is 1.84. The molecular formula is C18H13N. The molecular weight excluding hydrogens is 230 g/mol. The van der Waals surface area contributed by atoms with Gasteiger partial charge in [0, 0.05) is 11.1 Å². The van der Waals surface area contributed by atoms with Gasteiger partial charge in [-0.05, 0) is 33.0 Å². The maximum atomic E-state index is 7.41. The minimum Gasteiger partial charge on any atom is -0.398 e. The Morgan fingerprint density at radius 2 is 1.26 bits per heavy atom. The van der Waals surface area contributed by atoms with Crippen LogP contribution in [-0.2, 0) is 0 Å². The predicted octanol–water partition coefficient (Wildman–Crippen LogP) is 4.73. The van der Waals surface area contributed by atoms with Crippen LogP contribution in [0.2, 0.25) is 1.41 Å². The van der Waals surface area contributed by atoms with Gasteiger partial charge < -0.3 is 5.73 Å². The van der Waals surface area contributed by atoms with Crippen LogP contribution in [0.25, 0.3) is 32.3 Å². The minimum absolute atomic E-state index is 0.845. The lowest BCUT2D eigenvalue weighted by molar-refractivity contribution is 1.75. The molecule has 0 heterocycles. The molecule has 0 radical (unpaired) electrons. The molecule has 0 unspecified atom stereocenters. The second-order valence-electron chi connectivity index (χ2n) is 4.85. The zero-order valence-electron chi connectivity index (χ0n) is 11.4. The molecule has 0 atom stereocenters. The van der Waals surface area contributed by atoms with Crippen LogP contribution in [0.1, 0.15) is 0 Å². The molecule has 0 aliphatic heterocycles. The van der Waals surface area contributed by atoms with Crippen molar-refractivity contribution in [2.75, 3.05) is 5.73 Å². The molecule has 90 valence electrons. The van der Waals surface area contributed by atoms with Gasteiger partial charge in [-0.3, -0.25) is 0 Å². The van der Waals surface area contributed by atoms with Crippen molar-refractivity contribution >= 4 is 38.0 Å². The summed E-state index contributed by atoms with van der Waals surface area (Å²) in [7, 11) is 0. The molecule has 0 aromatic heterocycles. The van der Waals surface area contributed by atoms with Gasteiger partial charge in [-0.25, -0.2) is 0 Å². The van der Waals surface area contributed by atoms with Crippen LogP contribution in [0, 0.1) is 0 Å². The third-order valence-corrected chi connectivity index (χ3v) is 3.78. The van der Waals surface area contributed by atoms with Gasteiger partial charge in [0.15, 0.2) is 1.41 Å². The molecule has 0 amide bonds. The summed E-state index contributed by atoms with van der Waals surface area (Å²) >= 11 is 0. The molecule has 4 aromatic carbocycles. The Labute approximate surface area is 112 Å². The van der Waals surface area contributed by atoms with Crippen LogP contribution in [0.3, 0.4) is 0 Å². The second kappa shape index (κ2) is 3.72. The summed E-state index contributed by atoms with van der Waals surface area (Å²) < 4.78 is 7.41. The third kappa shape index (κ3) is 1.42. The van der Waals surface area contributed by atoms with Crippen molar-refractivity contribution in [1.82, 2.24) is 0 Å². The van der Waals surface area contributed by atoms with E-state index in [4.69, 9.17) is 1.41 Å². The lowest BCUT2D eigenvalue weighted by Gasteiger charge is -2.08. The normalized spacial score (nSPS) is 11.9. The summed E-state index contributed by atoms with van der Waals surface area (Å²) in [4.78, 5) is 0. The molecule has 0 saturated carbocycles. The standard InChI is InChI=1S/C18H13N/c19-18-7-3-6-14-16-9-8-12-4-1-2-5-13(12)15(16)10-11-17(14)18/h1-11H,19H2/i/hD. The zero-order valence-corrected chi connectivity index (χ0v) is 10.4. The first-order valence-electron chi connectivity index (χ1n) is 6.89. The van der Waals surface area contributed by atoms with Gasteiger partial charge in [-0.1, -0.05) is 60.7 Å². The van der Waals surface area contributed by atoms with Crippen LogP contribution in [0.5, 0.6) is 0 Å². The average molecular weight is 244 g/mol. The van der Waals surface area contributed by atoms with Crippen LogP contribution >= 0.6 is 0 Å². The highest BCUT2D eigenvalue weighted by atomic mass is 14.5. The topological polar surface area (TPSA) is 26.0 Å². The number of rotatable bonds is 1. The Morgan fingerprint density at radius 3 is 2.21 bits per heavy atom. The molecule has 1 nitrogen and oxygen atoms in total. The van der Waals surface area contributed by atoms with Gasteiger partial charge >= 0.3 is 0 Å². The van der Waals surface area contributed by atoms with E-state index in [1.54, 1.807) is 0 Å². The van der Waals surface area contributed by atoms with E-state index in [9.17, 15) is 0 Å². The number of nitrogens with two attached hydrogens (primary N) is 1. The van der Waals surface area contributed by atoms with Gasteiger partial charge in [0.2, 0.25) is 0 Å². The van der Waals surface area contributed by atoms with Gasteiger partial charge in [-0.15, -0.1) is 0 Å². The van der Waals surface area contributed by atoms with Crippen molar-refractivity contribution in [3.8, 4) is 0 Å². The van der Waals surface area contributed by atoms with Gasteiger partial charge in [0.25, 0.3) is 0 Å². The van der Waals surface area contributed by atoms with E-state index in [1.165, 1.54) is 26.9 Å². The molecule has 2 N–H and O–H groups in total. The zero-order chi connectivity index (χ0) is 13.5. The number of anilines is 1. The molecule has 0 spiro atoms. The largest absolute Gasteiger partial charge is 0.398 e. The maximum absolute atomic E-state index is 7.41. The Bertz CT molecular complexity index is 944. The molecule has 4 rings (SSSR count). The lowest BCUT2D eigenvalue weighted by Crippen LogP contribution is -1.87. The SMILES string of the molecule is [2H]Nc1cccc2c1ccc1c3ccccc3ccc21. The van der Waals surface area contributed by atoms with Crippen molar-refractivity contribution in [3.63, 3.8) is 0 Å². The minimum atomic E-state index is 0.845. The summed E-state index contributed by atoms with van der Waals surface area (Å²) in [5.41, 5.74) is 3.37. The predicted molar refractivity (Wildman–Crippen MR) is 83.4 cm³/mol. The highest BCUT2D eigenvalue weighted by molar-refractivity contribution is 6.18.